The van der Waals surface area contributed by atoms with Crippen molar-refractivity contribution in [3.8, 4) is 17.6 Å². The fourth-order valence-corrected chi connectivity index (χ4v) is 2.89. The summed E-state index contributed by atoms with van der Waals surface area (Å²) in [4.78, 5) is 25.6. The van der Waals surface area contributed by atoms with E-state index in [1.165, 1.54) is 14.2 Å². The molecule has 1 heterocycles. The first-order valence-electron chi connectivity index (χ1n) is 7.02. The standard InChI is InChI=1S/C16H16N2O5S/c1-21-8-6-18-15(19)14(24-16(18)20)10-11-3-4-12(23-7-5-17)13(9-11)22-2/h3-4,9-10H,6-8H2,1-2H3/b14-10-. The molecule has 0 aromatic heterocycles. The fourth-order valence-electron chi connectivity index (χ4n) is 2.03. The number of methoxy groups -OCH3 is 2. The maximum absolute atomic E-state index is 12.3. The summed E-state index contributed by atoms with van der Waals surface area (Å²) >= 11 is 0.886. The lowest BCUT2D eigenvalue weighted by Crippen LogP contribution is -2.31. The zero-order valence-electron chi connectivity index (χ0n) is 13.3. The van der Waals surface area contributed by atoms with Crippen molar-refractivity contribution in [2.45, 2.75) is 0 Å². The molecule has 1 aliphatic heterocycles. The van der Waals surface area contributed by atoms with E-state index in [9.17, 15) is 9.59 Å². The third-order valence-electron chi connectivity index (χ3n) is 3.17. The van der Waals surface area contributed by atoms with E-state index in [4.69, 9.17) is 19.5 Å². The molecule has 0 aliphatic carbocycles. The Bertz CT molecular complexity index is 711. The second-order valence-electron chi connectivity index (χ2n) is 4.68. The van der Waals surface area contributed by atoms with Crippen LogP contribution in [0.15, 0.2) is 23.1 Å². The zero-order valence-corrected chi connectivity index (χ0v) is 14.1. The normalized spacial score (nSPS) is 15.7. The van der Waals surface area contributed by atoms with Crippen molar-refractivity contribution < 1.29 is 23.8 Å². The van der Waals surface area contributed by atoms with Crippen LogP contribution in [0.4, 0.5) is 4.79 Å². The molecule has 1 fully saturated rings. The highest BCUT2D eigenvalue weighted by Gasteiger charge is 2.34. The second-order valence-corrected chi connectivity index (χ2v) is 5.68. The quantitative estimate of drug-likeness (QED) is 0.698. The van der Waals surface area contributed by atoms with Gasteiger partial charge in [-0.3, -0.25) is 14.5 Å². The van der Waals surface area contributed by atoms with Gasteiger partial charge in [0.2, 0.25) is 0 Å². The number of rotatable bonds is 7. The van der Waals surface area contributed by atoms with Crippen LogP contribution >= 0.6 is 11.8 Å². The number of nitriles is 1. The molecule has 0 unspecified atom stereocenters. The number of imide groups is 1. The SMILES string of the molecule is COCCN1C(=O)S/C(=C\c2ccc(OCC#N)c(OC)c2)C1=O. The van der Waals surface area contributed by atoms with Crippen LogP contribution in [-0.4, -0.2) is 50.0 Å². The number of hydrogen-bond donors (Lipinski definition) is 0. The smallest absolute Gasteiger partial charge is 0.293 e. The van der Waals surface area contributed by atoms with Crippen molar-refractivity contribution in [2.75, 3.05) is 34.0 Å². The summed E-state index contributed by atoms with van der Waals surface area (Å²) in [6, 6.07) is 6.93. The van der Waals surface area contributed by atoms with Crippen LogP contribution in [-0.2, 0) is 9.53 Å². The zero-order chi connectivity index (χ0) is 17.5. The third kappa shape index (κ3) is 4.07. The van der Waals surface area contributed by atoms with Crippen LogP contribution in [0.2, 0.25) is 0 Å². The van der Waals surface area contributed by atoms with Gasteiger partial charge in [0.1, 0.15) is 6.07 Å². The molecule has 0 N–H and O–H groups in total. The summed E-state index contributed by atoms with van der Waals surface area (Å²) in [6.07, 6.45) is 1.62. The molecule has 8 heteroatoms. The maximum atomic E-state index is 12.3. The Hall–Kier alpha value is -2.50. The first-order valence-corrected chi connectivity index (χ1v) is 7.84. The van der Waals surface area contributed by atoms with Gasteiger partial charge >= 0.3 is 0 Å². The van der Waals surface area contributed by atoms with Gasteiger partial charge in [-0.25, -0.2) is 0 Å². The van der Waals surface area contributed by atoms with Gasteiger partial charge < -0.3 is 14.2 Å². The predicted octanol–water partition coefficient (Wildman–Crippen LogP) is 2.28. The Balaban J connectivity index is 2.20. The van der Waals surface area contributed by atoms with E-state index in [-0.39, 0.29) is 24.3 Å². The lowest BCUT2D eigenvalue weighted by molar-refractivity contribution is -0.123. The number of nitrogens with zero attached hydrogens (tertiary/aromatic N) is 2. The molecule has 24 heavy (non-hydrogen) atoms. The van der Waals surface area contributed by atoms with Crippen molar-refractivity contribution in [3.63, 3.8) is 0 Å². The number of thioether (sulfide) groups is 1. The molecule has 0 bridgehead atoms. The Morgan fingerprint density at radius 1 is 1.29 bits per heavy atom. The molecular weight excluding hydrogens is 332 g/mol. The number of carbonyl (C=O) groups excluding carboxylic acids is 2. The second kappa shape index (κ2) is 8.38. The van der Waals surface area contributed by atoms with E-state index in [2.05, 4.69) is 0 Å². The molecule has 2 amide bonds. The number of benzene rings is 1. The molecule has 126 valence electrons. The first-order chi connectivity index (χ1) is 11.6. The van der Waals surface area contributed by atoms with Gasteiger partial charge in [0, 0.05) is 7.11 Å². The first kappa shape index (κ1) is 17.8. The number of ether oxygens (including phenoxy) is 3. The van der Waals surface area contributed by atoms with Gasteiger partial charge in [0.15, 0.2) is 18.1 Å². The fraction of sp³-hybridized carbons (Fsp3) is 0.312. The summed E-state index contributed by atoms with van der Waals surface area (Å²) in [6.45, 7) is 0.431. The van der Waals surface area contributed by atoms with Gasteiger partial charge in [-0.1, -0.05) is 6.07 Å². The van der Waals surface area contributed by atoms with Crippen molar-refractivity contribution in [1.82, 2.24) is 4.90 Å². The van der Waals surface area contributed by atoms with Crippen molar-refractivity contribution in [2.24, 2.45) is 0 Å². The minimum absolute atomic E-state index is 0.0892. The lowest BCUT2D eigenvalue weighted by atomic mass is 10.2. The molecule has 0 atom stereocenters. The minimum Gasteiger partial charge on any atom is -0.493 e. The Labute approximate surface area is 143 Å². The average Bonchev–Trinajstić information content (AvgIpc) is 2.85. The van der Waals surface area contributed by atoms with Gasteiger partial charge in [-0.15, -0.1) is 0 Å². The Morgan fingerprint density at radius 3 is 2.75 bits per heavy atom. The maximum Gasteiger partial charge on any atom is 0.293 e. The molecule has 2 rings (SSSR count). The number of hydrogen-bond acceptors (Lipinski definition) is 7. The molecule has 0 saturated carbocycles. The van der Waals surface area contributed by atoms with Crippen LogP contribution in [0.1, 0.15) is 5.56 Å². The molecule has 7 nitrogen and oxygen atoms in total. The molecule has 0 spiro atoms. The molecule has 1 saturated heterocycles. The summed E-state index contributed by atoms with van der Waals surface area (Å²) < 4.78 is 15.4. The monoisotopic (exact) mass is 348 g/mol. The molecular formula is C16H16N2O5S. The van der Waals surface area contributed by atoms with Crippen LogP contribution in [0.3, 0.4) is 0 Å². The van der Waals surface area contributed by atoms with Crippen LogP contribution < -0.4 is 9.47 Å². The third-order valence-corrected chi connectivity index (χ3v) is 4.08. The largest absolute Gasteiger partial charge is 0.493 e. The van der Waals surface area contributed by atoms with Crippen molar-refractivity contribution in [3.05, 3.63) is 28.7 Å². The summed E-state index contributed by atoms with van der Waals surface area (Å²) in [7, 11) is 2.99. The van der Waals surface area contributed by atoms with E-state index in [0.29, 0.717) is 28.6 Å². The molecule has 0 radical (unpaired) electrons. The predicted molar refractivity (Wildman–Crippen MR) is 88.7 cm³/mol. The van der Waals surface area contributed by atoms with Crippen LogP contribution in [0.5, 0.6) is 11.5 Å². The van der Waals surface area contributed by atoms with Gasteiger partial charge in [-0.05, 0) is 35.5 Å². The van der Waals surface area contributed by atoms with E-state index in [0.717, 1.165) is 16.7 Å². The molecule has 1 aliphatic rings. The lowest BCUT2D eigenvalue weighted by Gasteiger charge is -2.11. The molecule has 1 aromatic carbocycles. The molecule has 1 aromatic rings. The number of amides is 2. The Morgan fingerprint density at radius 2 is 2.08 bits per heavy atom. The summed E-state index contributed by atoms with van der Waals surface area (Å²) in [5.74, 6) is 0.535. The number of carbonyl (C=O) groups is 2. The Kier molecular flexibility index (Phi) is 6.23. The topological polar surface area (TPSA) is 88.9 Å². The van der Waals surface area contributed by atoms with E-state index < -0.39 is 0 Å². The highest BCUT2D eigenvalue weighted by atomic mass is 32.2. The van der Waals surface area contributed by atoms with E-state index >= 15 is 0 Å². The minimum atomic E-state index is -0.342. The van der Waals surface area contributed by atoms with Crippen LogP contribution in [0, 0.1) is 11.3 Å². The van der Waals surface area contributed by atoms with E-state index in [1.807, 2.05) is 6.07 Å². The highest BCUT2D eigenvalue weighted by Crippen LogP contribution is 2.34. The van der Waals surface area contributed by atoms with Crippen LogP contribution in [0.25, 0.3) is 6.08 Å². The van der Waals surface area contributed by atoms with Gasteiger partial charge in [-0.2, -0.15) is 5.26 Å². The highest BCUT2D eigenvalue weighted by molar-refractivity contribution is 8.18. The average molecular weight is 348 g/mol. The van der Waals surface area contributed by atoms with Crippen molar-refractivity contribution in [1.29, 1.82) is 5.26 Å². The van der Waals surface area contributed by atoms with E-state index in [1.54, 1.807) is 24.3 Å². The van der Waals surface area contributed by atoms with Gasteiger partial charge in [0.05, 0.1) is 25.2 Å². The summed E-state index contributed by atoms with van der Waals surface area (Å²) in [5.41, 5.74) is 0.688. The van der Waals surface area contributed by atoms with Gasteiger partial charge in [0.25, 0.3) is 11.1 Å². The van der Waals surface area contributed by atoms with Crippen molar-refractivity contribution >= 4 is 29.0 Å². The summed E-state index contributed by atoms with van der Waals surface area (Å²) in [5, 5.41) is 8.25.